The van der Waals surface area contributed by atoms with Crippen molar-refractivity contribution in [3.63, 3.8) is 0 Å². The third-order valence-corrected chi connectivity index (χ3v) is 9.37. The number of aromatic nitrogens is 4. The molecule has 3 amide bonds. The van der Waals surface area contributed by atoms with Crippen molar-refractivity contribution >= 4 is 40.9 Å². The van der Waals surface area contributed by atoms with E-state index in [4.69, 9.17) is 4.74 Å². The van der Waals surface area contributed by atoms with Gasteiger partial charge in [-0.1, -0.05) is 133 Å². The number of anilines is 1. The summed E-state index contributed by atoms with van der Waals surface area (Å²) < 4.78 is 6.70. The molecule has 0 aliphatic rings. The second kappa shape index (κ2) is 28.9. The maximum Gasteiger partial charge on any atom is 0.413 e. The van der Waals surface area contributed by atoms with Gasteiger partial charge in [-0.15, -0.1) is 0 Å². The molecule has 1 aromatic carbocycles. The smallest absolute Gasteiger partial charge is 0.413 e. The molecule has 0 aliphatic carbocycles. The second-order valence-electron chi connectivity index (χ2n) is 14.2. The van der Waals surface area contributed by atoms with Crippen LogP contribution < -0.4 is 10.6 Å². The van der Waals surface area contributed by atoms with Crippen molar-refractivity contribution in [1.29, 1.82) is 0 Å². The maximum absolute atomic E-state index is 13.2. The number of rotatable bonds is 28. The van der Waals surface area contributed by atoms with Crippen molar-refractivity contribution in [3.05, 3.63) is 48.5 Å². The van der Waals surface area contributed by atoms with Gasteiger partial charge in [0.15, 0.2) is 17.0 Å². The van der Waals surface area contributed by atoms with E-state index in [1.807, 2.05) is 30.3 Å². The lowest BCUT2D eigenvalue weighted by Crippen LogP contribution is -2.42. The number of fused-ring (bicyclic) bond motifs is 1. The predicted octanol–water partition coefficient (Wildman–Crippen LogP) is 8.04. The van der Waals surface area contributed by atoms with Gasteiger partial charge in [0.1, 0.15) is 26.0 Å². The molecule has 0 atom stereocenters. The Bertz CT molecular complexity index is 1770. The standard InChI is InChI=1S/C44H61N7O6/c1-2-3-4-5-6-7-8-9-10-11-12-13-14-15-16-17-18-19-20-21-22-26-29-38(52)45-30-31-50(33-40(54)55)39(53)32-51-36-48-41-42(46-35-47-43(41)51)49-44(56)57-34-37-27-24-23-25-28-37/h23-25,27-28,35-36H,2-12,17-22,26,29-34H2,1H3,(H,45,52)(H,54,55)(H,46,47,49,56). The first-order valence-electron chi connectivity index (χ1n) is 20.7. The largest absolute Gasteiger partial charge is 0.480 e. The highest BCUT2D eigenvalue weighted by molar-refractivity contribution is 5.93. The van der Waals surface area contributed by atoms with Crippen molar-refractivity contribution in [3.8, 4) is 23.7 Å². The summed E-state index contributed by atoms with van der Waals surface area (Å²) in [4.78, 5) is 63.2. The highest BCUT2D eigenvalue weighted by atomic mass is 16.5. The van der Waals surface area contributed by atoms with Gasteiger partial charge >= 0.3 is 12.1 Å². The van der Waals surface area contributed by atoms with E-state index in [2.05, 4.69) is 56.2 Å². The number of nitrogens with zero attached hydrogens (tertiary/aromatic N) is 5. The topological polar surface area (TPSA) is 169 Å². The van der Waals surface area contributed by atoms with Crippen LogP contribution in [0.1, 0.15) is 134 Å². The number of hydrogen-bond acceptors (Lipinski definition) is 8. The number of carboxylic acid groups (broad SMARTS) is 1. The Kier molecular flexibility index (Phi) is 23.3. The number of benzene rings is 1. The van der Waals surface area contributed by atoms with Crippen molar-refractivity contribution in [2.45, 2.75) is 142 Å². The van der Waals surface area contributed by atoms with Crippen molar-refractivity contribution in [2.75, 3.05) is 25.0 Å². The highest BCUT2D eigenvalue weighted by Gasteiger charge is 2.20. The molecular weight excluding hydrogens is 723 g/mol. The summed E-state index contributed by atoms with van der Waals surface area (Å²) >= 11 is 0. The number of unbranched alkanes of at least 4 members (excludes halogenated alkanes) is 16. The van der Waals surface area contributed by atoms with E-state index in [0.29, 0.717) is 6.42 Å². The highest BCUT2D eigenvalue weighted by Crippen LogP contribution is 2.18. The maximum atomic E-state index is 13.2. The zero-order chi connectivity index (χ0) is 40.8. The third kappa shape index (κ3) is 20.3. The number of aliphatic carboxylic acids is 1. The van der Waals surface area contributed by atoms with Crippen LogP contribution in [0.5, 0.6) is 0 Å². The van der Waals surface area contributed by atoms with Crippen molar-refractivity contribution in [2.24, 2.45) is 0 Å². The number of carbonyl (C=O) groups excluding carboxylic acids is 3. The monoisotopic (exact) mass is 783 g/mol. The molecule has 3 rings (SSSR count). The molecule has 2 heterocycles. The summed E-state index contributed by atoms with van der Waals surface area (Å²) in [6.07, 6.45) is 23.3. The number of nitrogens with one attached hydrogen (secondary N) is 2. The number of hydrogen-bond donors (Lipinski definition) is 3. The Balaban J connectivity index is 1.24. The molecule has 0 spiro atoms. The molecule has 0 aliphatic heterocycles. The Morgan fingerprint density at radius 2 is 1.40 bits per heavy atom. The zero-order valence-electron chi connectivity index (χ0n) is 33.7. The van der Waals surface area contributed by atoms with Crippen LogP contribution in [-0.4, -0.2) is 73.0 Å². The van der Waals surface area contributed by atoms with Crippen LogP contribution >= 0.6 is 0 Å². The van der Waals surface area contributed by atoms with Gasteiger partial charge < -0.3 is 24.6 Å². The van der Waals surface area contributed by atoms with Crippen LogP contribution in [-0.2, 0) is 32.3 Å². The van der Waals surface area contributed by atoms with E-state index in [-0.39, 0.29) is 49.1 Å². The Morgan fingerprint density at radius 3 is 2.04 bits per heavy atom. The Morgan fingerprint density at radius 1 is 0.789 bits per heavy atom. The lowest BCUT2D eigenvalue weighted by molar-refractivity contribution is -0.144. The predicted molar refractivity (Wildman–Crippen MR) is 222 cm³/mol. The SMILES string of the molecule is CCCCCCCCCCCCC#CC#CCCCCCCCCC(=O)NCCN(CC(=O)O)C(=O)Cn1cnc2c(NC(=O)OCc3ccccc3)ncnc21. The summed E-state index contributed by atoms with van der Waals surface area (Å²) in [5.74, 6) is 10.6. The Labute approximate surface area is 338 Å². The summed E-state index contributed by atoms with van der Waals surface area (Å²) in [5, 5.41) is 14.8. The summed E-state index contributed by atoms with van der Waals surface area (Å²) in [6.45, 7) is 1.67. The number of amides is 3. The lowest BCUT2D eigenvalue weighted by atomic mass is 10.1. The average Bonchev–Trinajstić information content (AvgIpc) is 3.62. The van der Waals surface area contributed by atoms with Crippen LogP contribution in [0.15, 0.2) is 43.0 Å². The van der Waals surface area contributed by atoms with Crippen LogP contribution in [0.2, 0.25) is 0 Å². The van der Waals surface area contributed by atoms with E-state index in [1.165, 1.54) is 81.4 Å². The van der Waals surface area contributed by atoms with E-state index < -0.39 is 24.5 Å². The summed E-state index contributed by atoms with van der Waals surface area (Å²) in [7, 11) is 0. The van der Waals surface area contributed by atoms with Gasteiger partial charge in [0, 0.05) is 32.4 Å². The molecule has 0 unspecified atom stereocenters. The minimum absolute atomic E-state index is 0.0202. The molecule has 13 heteroatoms. The van der Waals surface area contributed by atoms with Gasteiger partial charge in [0.2, 0.25) is 11.8 Å². The first-order valence-corrected chi connectivity index (χ1v) is 20.7. The molecule has 13 nitrogen and oxygen atoms in total. The van der Waals surface area contributed by atoms with Gasteiger partial charge in [0.05, 0.1) is 6.33 Å². The first kappa shape index (κ1) is 46.0. The second-order valence-corrected chi connectivity index (χ2v) is 14.2. The quantitative estimate of drug-likeness (QED) is 0.0488. The van der Waals surface area contributed by atoms with E-state index >= 15 is 0 Å². The zero-order valence-corrected chi connectivity index (χ0v) is 33.7. The minimum Gasteiger partial charge on any atom is -0.480 e. The van der Waals surface area contributed by atoms with E-state index in [0.717, 1.165) is 61.8 Å². The van der Waals surface area contributed by atoms with E-state index in [9.17, 15) is 24.3 Å². The molecule has 3 N–H and O–H groups in total. The summed E-state index contributed by atoms with van der Waals surface area (Å²) in [5.41, 5.74) is 1.32. The van der Waals surface area contributed by atoms with Crippen LogP contribution in [0.4, 0.5) is 10.6 Å². The van der Waals surface area contributed by atoms with Gasteiger partial charge in [0.25, 0.3) is 0 Å². The fourth-order valence-electron chi connectivity index (χ4n) is 6.18. The minimum atomic E-state index is -1.18. The number of imidazole rings is 1. The molecule has 0 saturated heterocycles. The van der Waals surface area contributed by atoms with Crippen molar-refractivity contribution in [1.82, 2.24) is 29.7 Å². The lowest BCUT2D eigenvalue weighted by Gasteiger charge is -2.21. The molecule has 3 aromatic rings. The van der Waals surface area contributed by atoms with Crippen LogP contribution in [0.25, 0.3) is 11.2 Å². The van der Waals surface area contributed by atoms with Gasteiger partial charge in [-0.25, -0.2) is 19.7 Å². The molecule has 0 fully saturated rings. The van der Waals surface area contributed by atoms with Crippen LogP contribution in [0, 0.1) is 23.7 Å². The number of carboxylic acids is 1. The average molecular weight is 784 g/mol. The summed E-state index contributed by atoms with van der Waals surface area (Å²) in [6, 6.07) is 9.20. The van der Waals surface area contributed by atoms with E-state index in [1.54, 1.807) is 0 Å². The molecule has 0 radical (unpaired) electrons. The third-order valence-electron chi connectivity index (χ3n) is 9.37. The molecule has 57 heavy (non-hydrogen) atoms. The van der Waals surface area contributed by atoms with Crippen LogP contribution in [0.3, 0.4) is 0 Å². The first-order chi connectivity index (χ1) is 27.9. The van der Waals surface area contributed by atoms with Gasteiger partial charge in [-0.2, -0.15) is 0 Å². The van der Waals surface area contributed by atoms with Crippen molar-refractivity contribution < 1.29 is 29.0 Å². The van der Waals surface area contributed by atoms with Gasteiger partial charge in [-0.3, -0.25) is 19.7 Å². The number of ether oxygens (including phenoxy) is 1. The molecule has 2 aromatic heterocycles. The Hall–Kier alpha value is -5.43. The fraction of sp³-hybridized carbons (Fsp3) is 0.568. The normalized spacial score (nSPS) is 10.5. The molecule has 0 saturated carbocycles. The fourth-order valence-corrected chi connectivity index (χ4v) is 6.18. The molecular formula is C44H61N7O6. The number of carbonyl (C=O) groups is 4. The molecule has 0 bridgehead atoms. The molecule has 308 valence electrons. The van der Waals surface area contributed by atoms with Gasteiger partial charge in [-0.05, 0) is 36.7 Å².